The van der Waals surface area contributed by atoms with Gasteiger partial charge in [-0.05, 0) is 19.1 Å². The molecule has 0 atom stereocenters. The summed E-state index contributed by atoms with van der Waals surface area (Å²) in [6.07, 6.45) is 0.387. The van der Waals surface area contributed by atoms with Gasteiger partial charge < -0.3 is 4.74 Å². The molecule has 0 aliphatic carbocycles. The molecular weight excluding hydrogens is 260 g/mol. The van der Waals surface area contributed by atoms with Crippen molar-refractivity contribution in [2.75, 3.05) is 25.2 Å². The van der Waals surface area contributed by atoms with Crippen molar-refractivity contribution in [2.24, 2.45) is 0 Å². The van der Waals surface area contributed by atoms with Crippen LogP contribution in [0.5, 0.6) is 0 Å². The highest BCUT2D eigenvalue weighted by Gasteiger charge is 2.30. The molecular formula is C14H16N2O4. The van der Waals surface area contributed by atoms with Crippen LogP contribution in [0.25, 0.3) is 0 Å². The Bertz CT molecular complexity index is 556. The van der Waals surface area contributed by atoms with Crippen molar-refractivity contribution < 1.29 is 19.1 Å². The Hall–Kier alpha value is -2.37. The lowest BCUT2D eigenvalue weighted by molar-refractivity contribution is -0.137. The van der Waals surface area contributed by atoms with E-state index in [1.54, 1.807) is 43.2 Å². The lowest BCUT2D eigenvalue weighted by atomic mass is 10.1. The smallest absolute Gasteiger partial charge is 0.379 e. The predicted molar refractivity (Wildman–Crippen MR) is 72.1 cm³/mol. The number of rotatable bonds is 4. The van der Waals surface area contributed by atoms with Crippen molar-refractivity contribution >= 4 is 23.3 Å². The highest BCUT2D eigenvalue weighted by molar-refractivity contribution is 6.41. The van der Waals surface area contributed by atoms with E-state index >= 15 is 0 Å². The number of nitrogens with zero attached hydrogens (tertiary/aromatic N) is 2. The third-order valence-electron chi connectivity index (χ3n) is 3.15. The molecule has 1 heterocycles. The molecule has 0 bridgehead atoms. The van der Waals surface area contributed by atoms with Crippen LogP contribution in [-0.4, -0.2) is 42.9 Å². The Kier molecular flexibility index (Phi) is 4.02. The zero-order valence-corrected chi connectivity index (χ0v) is 11.5. The molecule has 2 rings (SSSR count). The van der Waals surface area contributed by atoms with Gasteiger partial charge in [0.1, 0.15) is 0 Å². The SMILES string of the molecule is CCOC(=O)C(=O)c1ccccc1N1CCC(=O)N1C. The first kappa shape index (κ1) is 14.0. The van der Waals surface area contributed by atoms with E-state index in [1.165, 1.54) is 5.01 Å². The van der Waals surface area contributed by atoms with Crippen LogP contribution in [0.15, 0.2) is 24.3 Å². The van der Waals surface area contributed by atoms with Crippen molar-refractivity contribution in [1.29, 1.82) is 0 Å². The average molecular weight is 276 g/mol. The van der Waals surface area contributed by atoms with Crippen molar-refractivity contribution in [3.63, 3.8) is 0 Å². The Labute approximate surface area is 116 Å². The van der Waals surface area contributed by atoms with Gasteiger partial charge in [-0.15, -0.1) is 0 Å². The topological polar surface area (TPSA) is 66.9 Å². The summed E-state index contributed by atoms with van der Waals surface area (Å²) in [5, 5.41) is 3.14. The summed E-state index contributed by atoms with van der Waals surface area (Å²) in [5.74, 6) is -1.60. The molecule has 1 aromatic rings. The Balaban J connectivity index is 2.34. The third kappa shape index (κ3) is 2.49. The zero-order chi connectivity index (χ0) is 14.7. The Morgan fingerprint density at radius 1 is 1.30 bits per heavy atom. The average Bonchev–Trinajstić information content (AvgIpc) is 2.78. The fourth-order valence-electron chi connectivity index (χ4n) is 2.13. The summed E-state index contributed by atoms with van der Waals surface area (Å²) in [5.41, 5.74) is 0.784. The molecule has 1 fully saturated rings. The van der Waals surface area contributed by atoms with Crippen molar-refractivity contribution in [1.82, 2.24) is 5.01 Å². The standard InChI is InChI=1S/C14H16N2O4/c1-3-20-14(19)13(18)10-6-4-5-7-11(10)16-9-8-12(17)15(16)2/h4-7H,3,8-9H2,1-2H3. The first-order valence-corrected chi connectivity index (χ1v) is 6.40. The van der Waals surface area contributed by atoms with Crippen LogP contribution in [-0.2, 0) is 14.3 Å². The monoisotopic (exact) mass is 276 g/mol. The third-order valence-corrected chi connectivity index (χ3v) is 3.15. The van der Waals surface area contributed by atoms with Gasteiger partial charge in [-0.3, -0.25) is 19.6 Å². The molecule has 6 heteroatoms. The van der Waals surface area contributed by atoms with Gasteiger partial charge >= 0.3 is 5.97 Å². The van der Waals surface area contributed by atoms with Crippen LogP contribution < -0.4 is 5.01 Å². The molecule has 0 spiro atoms. The molecule has 1 aliphatic heterocycles. The fourth-order valence-corrected chi connectivity index (χ4v) is 2.13. The summed E-state index contributed by atoms with van der Waals surface area (Å²) in [4.78, 5) is 35.3. The zero-order valence-electron chi connectivity index (χ0n) is 11.5. The van der Waals surface area contributed by atoms with E-state index in [4.69, 9.17) is 4.74 Å². The largest absolute Gasteiger partial charge is 0.460 e. The predicted octanol–water partition coefficient (Wildman–Crippen LogP) is 1.02. The maximum Gasteiger partial charge on any atom is 0.379 e. The normalized spacial score (nSPS) is 14.6. The number of ether oxygens (including phenoxy) is 1. The minimum atomic E-state index is -0.881. The highest BCUT2D eigenvalue weighted by atomic mass is 16.5. The highest BCUT2D eigenvalue weighted by Crippen LogP contribution is 2.26. The van der Waals surface area contributed by atoms with Gasteiger partial charge in [-0.25, -0.2) is 4.79 Å². The number of amides is 1. The number of anilines is 1. The molecule has 1 amide bonds. The van der Waals surface area contributed by atoms with E-state index in [-0.39, 0.29) is 18.1 Å². The van der Waals surface area contributed by atoms with Gasteiger partial charge in [-0.1, -0.05) is 12.1 Å². The van der Waals surface area contributed by atoms with E-state index in [1.807, 2.05) is 0 Å². The molecule has 0 radical (unpaired) electrons. The van der Waals surface area contributed by atoms with Crippen molar-refractivity contribution in [3.05, 3.63) is 29.8 Å². The van der Waals surface area contributed by atoms with Gasteiger partial charge in [0, 0.05) is 20.0 Å². The second kappa shape index (κ2) is 5.73. The van der Waals surface area contributed by atoms with Gasteiger partial charge in [0.25, 0.3) is 5.78 Å². The van der Waals surface area contributed by atoms with Crippen LogP contribution in [0.3, 0.4) is 0 Å². The van der Waals surface area contributed by atoms with Gasteiger partial charge in [0.05, 0.1) is 17.9 Å². The number of Topliss-reactive ketones (excluding diaryl/α,β-unsaturated/α-hetero) is 1. The Morgan fingerprint density at radius 3 is 2.60 bits per heavy atom. The van der Waals surface area contributed by atoms with E-state index < -0.39 is 11.8 Å². The molecule has 0 saturated carbocycles. The Morgan fingerprint density at radius 2 is 2.00 bits per heavy atom. The van der Waals surface area contributed by atoms with Crippen molar-refractivity contribution in [2.45, 2.75) is 13.3 Å². The number of hydrogen-bond donors (Lipinski definition) is 0. The van der Waals surface area contributed by atoms with Crippen molar-refractivity contribution in [3.8, 4) is 0 Å². The summed E-state index contributed by atoms with van der Waals surface area (Å²) in [6.45, 7) is 2.28. The first-order chi connectivity index (χ1) is 9.56. The quantitative estimate of drug-likeness (QED) is 0.466. The number of para-hydroxylation sites is 1. The number of hydrazine groups is 1. The van der Waals surface area contributed by atoms with Crippen LogP contribution >= 0.6 is 0 Å². The van der Waals surface area contributed by atoms with E-state index in [0.717, 1.165) is 0 Å². The molecule has 106 valence electrons. The maximum atomic E-state index is 12.1. The van der Waals surface area contributed by atoms with E-state index in [0.29, 0.717) is 18.7 Å². The van der Waals surface area contributed by atoms with Gasteiger partial charge in [0.2, 0.25) is 5.91 Å². The summed E-state index contributed by atoms with van der Waals surface area (Å²) < 4.78 is 4.74. The summed E-state index contributed by atoms with van der Waals surface area (Å²) in [7, 11) is 1.64. The molecule has 0 N–H and O–H groups in total. The van der Waals surface area contributed by atoms with E-state index in [2.05, 4.69) is 0 Å². The fraction of sp³-hybridized carbons (Fsp3) is 0.357. The molecule has 1 aliphatic rings. The molecule has 1 aromatic carbocycles. The lowest BCUT2D eigenvalue weighted by Gasteiger charge is -2.27. The molecule has 0 unspecified atom stereocenters. The first-order valence-electron chi connectivity index (χ1n) is 6.40. The second-order valence-electron chi connectivity index (χ2n) is 4.36. The summed E-state index contributed by atoms with van der Waals surface area (Å²) in [6, 6.07) is 6.70. The summed E-state index contributed by atoms with van der Waals surface area (Å²) >= 11 is 0. The van der Waals surface area contributed by atoms with Crippen LogP contribution in [0.4, 0.5) is 5.69 Å². The second-order valence-corrected chi connectivity index (χ2v) is 4.36. The van der Waals surface area contributed by atoms with Crippen LogP contribution in [0.2, 0.25) is 0 Å². The van der Waals surface area contributed by atoms with E-state index in [9.17, 15) is 14.4 Å². The van der Waals surface area contributed by atoms with Gasteiger partial charge in [0.15, 0.2) is 0 Å². The number of benzene rings is 1. The van der Waals surface area contributed by atoms with Crippen LogP contribution in [0.1, 0.15) is 23.7 Å². The lowest BCUT2D eigenvalue weighted by Crippen LogP contribution is -2.36. The number of hydrogen-bond acceptors (Lipinski definition) is 5. The molecule has 1 saturated heterocycles. The minimum Gasteiger partial charge on any atom is -0.460 e. The number of esters is 1. The molecule has 20 heavy (non-hydrogen) atoms. The van der Waals surface area contributed by atoms with Crippen LogP contribution in [0, 0.1) is 0 Å². The number of carbonyl (C=O) groups excluding carboxylic acids is 3. The number of ketones is 1. The van der Waals surface area contributed by atoms with Gasteiger partial charge in [-0.2, -0.15) is 0 Å². The molecule has 0 aromatic heterocycles. The molecule has 6 nitrogen and oxygen atoms in total. The maximum absolute atomic E-state index is 12.1. The number of carbonyl (C=O) groups is 3. The minimum absolute atomic E-state index is 0.0246.